The number of hydrogen-bond donors (Lipinski definition) is 1. The van der Waals surface area contributed by atoms with Crippen LogP contribution in [-0.4, -0.2) is 16.7 Å². The summed E-state index contributed by atoms with van der Waals surface area (Å²) in [5, 5.41) is 7.50. The molecule has 1 atom stereocenters. The van der Waals surface area contributed by atoms with Crippen LogP contribution < -0.4 is 10.1 Å². The van der Waals surface area contributed by atoms with Gasteiger partial charge in [-0.2, -0.15) is 4.98 Å². The molecular formula is C21H25N3O2. The highest BCUT2D eigenvalue weighted by Crippen LogP contribution is 2.20. The van der Waals surface area contributed by atoms with Gasteiger partial charge in [0.1, 0.15) is 5.75 Å². The zero-order valence-corrected chi connectivity index (χ0v) is 15.5. The maximum atomic E-state index is 5.45. The topological polar surface area (TPSA) is 60.2 Å². The van der Waals surface area contributed by atoms with Crippen LogP contribution in [0.15, 0.2) is 53.1 Å². The highest BCUT2D eigenvalue weighted by Gasteiger charge is 2.11. The molecule has 0 aliphatic carbocycles. The predicted octanol–water partition coefficient (Wildman–Crippen LogP) is 4.55. The Morgan fingerprint density at radius 1 is 1.04 bits per heavy atom. The van der Waals surface area contributed by atoms with E-state index >= 15 is 0 Å². The molecule has 26 heavy (non-hydrogen) atoms. The lowest BCUT2D eigenvalue weighted by Crippen LogP contribution is -2.18. The van der Waals surface area contributed by atoms with Crippen molar-refractivity contribution in [1.82, 2.24) is 15.5 Å². The van der Waals surface area contributed by atoms with E-state index in [1.165, 1.54) is 11.1 Å². The normalized spacial score (nSPS) is 12.1. The van der Waals surface area contributed by atoms with Gasteiger partial charge in [-0.1, -0.05) is 36.3 Å². The van der Waals surface area contributed by atoms with Crippen LogP contribution in [0.5, 0.6) is 5.75 Å². The van der Waals surface area contributed by atoms with Crippen LogP contribution in [-0.2, 0) is 13.0 Å². The van der Waals surface area contributed by atoms with Gasteiger partial charge in [-0.3, -0.25) is 0 Å². The van der Waals surface area contributed by atoms with Crippen LogP contribution in [0.2, 0.25) is 0 Å². The van der Waals surface area contributed by atoms with Crippen LogP contribution in [0.1, 0.15) is 43.8 Å². The minimum Gasteiger partial charge on any atom is -0.494 e. The molecule has 5 nitrogen and oxygen atoms in total. The monoisotopic (exact) mass is 351 g/mol. The number of aryl methyl sites for hydroxylation is 1. The van der Waals surface area contributed by atoms with Crippen LogP contribution in [0.4, 0.5) is 0 Å². The molecule has 5 heteroatoms. The van der Waals surface area contributed by atoms with E-state index in [1.54, 1.807) is 0 Å². The van der Waals surface area contributed by atoms with E-state index in [1.807, 2.05) is 31.2 Å². The molecule has 1 N–H and O–H groups in total. The number of benzene rings is 2. The highest BCUT2D eigenvalue weighted by atomic mass is 16.5. The maximum Gasteiger partial charge on any atom is 0.240 e. The molecule has 0 radical (unpaired) electrons. The third-order valence-electron chi connectivity index (χ3n) is 4.34. The first-order valence-corrected chi connectivity index (χ1v) is 9.07. The van der Waals surface area contributed by atoms with Gasteiger partial charge in [-0.25, -0.2) is 0 Å². The summed E-state index contributed by atoms with van der Waals surface area (Å²) >= 11 is 0. The van der Waals surface area contributed by atoms with Crippen molar-refractivity contribution in [3.8, 4) is 17.1 Å². The lowest BCUT2D eigenvalue weighted by atomic mass is 10.1. The van der Waals surface area contributed by atoms with Gasteiger partial charge in [0.25, 0.3) is 0 Å². The van der Waals surface area contributed by atoms with Crippen LogP contribution >= 0.6 is 0 Å². The first-order valence-electron chi connectivity index (χ1n) is 9.07. The average molecular weight is 351 g/mol. The fraction of sp³-hybridized carbons (Fsp3) is 0.333. The minimum atomic E-state index is 0.210. The van der Waals surface area contributed by atoms with E-state index in [2.05, 4.69) is 53.6 Å². The number of aromatic nitrogens is 2. The molecule has 2 aromatic carbocycles. The molecular weight excluding hydrogens is 326 g/mol. The number of nitrogens with one attached hydrogen (secondary N) is 1. The van der Waals surface area contributed by atoms with Gasteiger partial charge in [0.2, 0.25) is 11.7 Å². The molecule has 3 aromatic rings. The van der Waals surface area contributed by atoms with E-state index in [0.29, 0.717) is 24.9 Å². The number of nitrogens with zero attached hydrogens (tertiary/aromatic N) is 2. The number of rotatable bonds is 8. The fourth-order valence-corrected chi connectivity index (χ4v) is 2.71. The van der Waals surface area contributed by atoms with Crippen molar-refractivity contribution in [3.05, 3.63) is 65.5 Å². The van der Waals surface area contributed by atoms with Gasteiger partial charge < -0.3 is 14.6 Å². The molecule has 1 heterocycles. The Morgan fingerprint density at radius 3 is 2.42 bits per heavy atom. The molecule has 0 saturated heterocycles. The summed E-state index contributed by atoms with van der Waals surface area (Å²) in [6.45, 7) is 7.43. The van der Waals surface area contributed by atoms with Crippen molar-refractivity contribution in [2.75, 3.05) is 6.61 Å². The average Bonchev–Trinajstić information content (AvgIpc) is 3.16. The Morgan fingerprint density at radius 2 is 1.77 bits per heavy atom. The zero-order valence-electron chi connectivity index (χ0n) is 15.5. The summed E-state index contributed by atoms with van der Waals surface area (Å²) in [4.78, 5) is 4.47. The van der Waals surface area contributed by atoms with Crippen molar-refractivity contribution in [1.29, 1.82) is 0 Å². The van der Waals surface area contributed by atoms with Gasteiger partial charge in [0.05, 0.1) is 13.2 Å². The van der Waals surface area contributed by atoms with Crippen LogP contribution in [0.3, 0.4) is 0 Å². The van der Waals surface area contributed by atoms with E-state index in [4.69, 9.17) is 9.26 Å². The van der Waals surface area contributed by atoms with E-state index in [-0.39, 0.29) is 6.04 Å². The number of hydrogen-bond acceptors (Lipinski definition) is 5. The van der Waals surface area contributed by atoms with E-state index in [9.17, 15) is 0 Å². The summed E-state index contributed by atoms with van der Waals surface area (Å²) in [5.74, 6) is 2.00. The highest BCUT2D eigenvalue weighted by molar-refractivity contribution is 5.55. The predicted molar refractivity (Wildman–Crippen MR) is 102 cm³/mol. The molecule has 0 aliphatic rings. The first kappa shape index (κ1) is 18.1. The smallest absolute Gasteiger partial charge is 0.240 e. The molecule has 0 spiro atoms. The zero-order chi connectivity index (χ0) is 18.4. The Labute approximate surface area is 154 Å². The second kappa shape index (κ2) is 8.63. The molecule has 3 rings (SSSR count). The molecule has 1 aromatic heterocycles. The lowest BCUT2D eigenvalue weighted by Gasteiger charge is -2.13. The largest absolute Gasteiger partial charge is 0.494 e. The standard InChI is InChI=1S/C21H25N3O2/c1-4-16-6-8-17(9-7-16)15(3)22-14-20-23-21(24-26-20)18-10-12-19(13-11-18)25-5-2/h6-13,15,22H,4-5,14H2,1-3H3. The number of ether oxygens (including phenoxy) is 1. The Balaban J connectivity index is 1.59. The SMILES string of the molecule is CCOc1ccc(-c2noc(CNC(C)c3ccc(CC)cc3)n2)cc1. The van der Waals surface area contributed by atoms with Crippen molar-refractivity contribution in [3.63, 3.8) is 0 Å². The minimum absolute atomic E-state index is 0.210. The summed E-state index contributed by atoms with van der Waals surface area (Å²) in [7, 11) is 0. The van der Waals surface area contributed by atoms with E-state index in [0.717, 1.165) is 17.7 Å². The second-order valence-electron chi connectivity index (χ2n) is 6.17. The van der Waals surface area contributed by atoms with Gasteiger partial charge in [-0.15, -0.1) is 0 Å². The summed E-state index contributed by atoms with van der Waals surface area (Å²) in [6, 6.07) is 16.6. The maximum absolute atomic E-state index is 5.45. The third-order valence-corrected chi connectivity index (χ3v) is 4.34. The molecule has 0 saturated carbocycles. The Bertz CT molecular complexity index is 810. The van der Waals surface area contributed by atoms with Gasteiger partial charge >= 0.3 is 0 Å². The third kappa shape index (κ3) is 4.49. The molecule has 136 valence electrons. The van der Waals surface area contributed by atoms with Crippen molar-refractivity contribution >= 4 is 0 Å². The van der Waals surface area contributed by atoms with Gasteiger partial charge in [0.15, 0.2) is 0 Å². The molecule has 0 amide bonds. The summed E-state index contributed by atoms with van der Waals surface area (Å²) < 4.78 is 10.8. The molecule has 0 aliphatic heterocycles. The van der Waals surface area contributed by atoms with Crippen LogP contribution in [0, 0.1) is 0 Å². The quantitative estimate of drug-likeness (QED) is 0.645. The lowest BCUT2D eigenvalue weighted by molar-refractivity contribution is 0.340. The molecule has 0 fully saturated rings. The van der Waals surface area contributed by atoms with Crippen molar-refractivity contribution < 1.29 is 9.26 Å². The van der Waals surface area contributed by atoms with Gasteiger partial charge in [-0.05, 0) is 55.7 Å². The first-order chi connectivity index (χ1) is 12.7. The fourth-order valence-electron chi connectivity index (χ4n) is 2.71. The second-order valence-corrected chi connectivity index (χ2v) is 6.17. The molecule has 0 bridgehead atoms. The van der Waals surface area contributed by atoms with Crippen molar-refractivity contribution in [2.45, 2.75) is 39.8 Å². The van der Waals surface area contributed by atoms with Crippen LogP contribution in [0.25, 0.3) is 11.4 Å². The van der Waals surface area contributed by atoms with Gasteiger partial charge in [0, 0.05) is 11.6 Å². The summed E-state index contributed by atoms with van der Waals surface area (Å²) in [6.07, 6.45) is 1.05. The summed E-state index contributed by atoms with van der Waals surface area (Å²) in [5.41, 5.74) is 3.50. The molecule has 1 unspecified atom stereocenters. The van der Waals surface area contributed by atoms with E-state index < -0.39 is 0 Å². The Hall–Kier alpha value is -2.66. The van der Waals surface area contributed by atoms with Crippen molar-refractivity contribution in [2.24, 2.45) is 0 Å². The Kier molecular flexibility index (Phi) is 6.02.